The summed E-state index contributed by atoms with van der Waals surface area (Å²) in [6.45, 7) is 0. The fraction of sp³-hybridized carbons (Fsp3) is 1.00. The molecule has 0 aromatic carbocycles. The Morgan fingerprint density at radius 3 is 1.88 bits per heavy atom. The molecule has 98 valence electrons. The second-order valence-corrected chi connectivity index (χ2v) is 6.43. The lowest BCUT2D eigenvalue weighted by atomic mass is 9.93. The highest BCUT2D eigenvalue weighted by Crippen LogP contribution is 2.39. The van der Waals surface area contributed by atoms with Crippen molar-refractivity contribution >= 4 is 0 Å². The van der Waals surface area contributed by atoms with Crippen LogP contribution in [0, 0.1) is 0 Å². The van der Waals surface area contributed by atoms with Gasteiger partial charge in [-0.05, 0) is 45.6 Å². The highest BCUT2D eigenvalue weighted by Gasteiger charge is 2.43. The molecule has 2 heteroatoms. The van der Waals surface area contributed by atoms with E-state index in [4.69, 9.17) is 0 Å². The fourth-order valence-corrected chi connectivity index (χ4v) is 4.60. The summed E-state index contributed by atoms with van der Waals surface area (Å²) in [6.07, 6.45) is 14.7. The molecule has 17 heavy (non-hydrogen) atoms. The molecule has 2 saturated heterocycles. The molecule has 1 aliphatic carbocycles. The summed E-state index contributed by atoms with van der Waals surface area (Å²) in [7, 11) is 2.14. The zero-order chi connectivity index (χ0) is 11.7. The van der Waals surface area contributed by atoms with Crippen molar-refractivity contribution in [3.63, 3.8) is 0 Å². The highest BCUT2D eigenvalue weighted by molar-refractivity contribution is 4.99. The quantitative estimate of drug-likeness (QED) is 0.742. The Morgan fingerprint density at radius 2 is 1.35 bits per heavy atom. The molecule has 0 aromatic heterocycles. The van der Waals surface area contributed by atoms with E-state index < -0.39 is 0 Å². The van der Waals surface area contributed by atoms with Gasteiger partial charge in [-0.3, -0.25) is 4.90 Å². The largest absolute Gasteiger partial charge is 0.317 e. The van der Waals surface area contributed by atoms with Crippen LogP contribution in [0.2, 0.25) is 0 Å². The van der Waals surface area contributed by atoms with Crippen molar-refractivity contribution in [2.75, 3.05) is 7.05 Å². The standard InChI is InChI=1S/C15H28N2/c1-16-12-10-14-8-9-15(11-12)17(14)13-6-4-2-3-5-7-13/h12-16H,2-11H2,1H3. The van der Waals surface area contributed by atoms with Gasteiger partial charge in [0.05, 0.1) is 0 Å². The molecule has 3 fully saturated rings. The SMILES string of the molecule is CNC1CC2CCC(C1)N2C1CCCCCC1. The maximum Gasteiger partial charge on any atom is 0.0116 e. The van der Waals surface area contributed by atoms with Crippen LogP contribution >= 0.6 is 0 Å². The van der Waals surface area contributed by atoms with Gasteiger partial charge in [0, 0.05) is 24.2 Å². The van der Waals surface area contributed by atoms with Crippen molar-refractivity contribution in [3.8, 4) is 0 Å². The summed E-state index contributed by atoms with van der Waals surface area (Å²) in [5.41, 5.74) is 0. The van der Waals surface area contributed by atoms with Crippen LogP contribution in [-0.4, -0.2) is 36.1 Å². The second-order valence-electron chi connectivity index (χ2n) is 6.43. The third kappa shape index (κ3) is 2.39. The molecular formula is C15H28N2. The molecule has 0 radical (unpaired) electrons. The molecule has 2 atom stereocenters. The van der Waals surface area contributed by atoms with Gasteiger partial charge in [-0.15, -0.1) is 0 Å². The maximum atomic E-state index is 3.51. The van der Waals surface area contributed by atoms with E-state index in [1.54, 1.807) is 0 Å². The molecule has 2 nitrogen and oxygen atoms in total. The lowest BCUT2D eigenvalue weighted by molar-refractivity contribution is 0.0636. The van der Waals surface area contributed by atoms with Gasteiger partial charge < -0.3 is 5.32 Å². The first-order valence-electron chi connectivity index (χ1n) is 7.83. The number of hydrogen-bond acceptors (Lipinski definition) is 2. The van der Waals surface area contributed by atoms with Crippen LogP contribution < -0.4 is 5.32 Å². The van der Waals surface area contributed by atoms with Gasteiger partial charge in [0.15, 0.2) is 0 Å². The first kappa shape index (κ1) is 12.0. The fourth-order valence-electron chi connectivity index (χ4n) is 4.60. The molecule has 1 saturated carbocycles. The predicted molar refractivity (Wildman–Crippen MR) is 72.2 cm³/mol. The Balaban J connectivity index is 1.67. The smallest absolute Gasteiger partial charge is 0.0116 e. The Bertz CT molecular complexity index is 231. The predicted octanol–water partition coefficient (Wildman–Crippen LogP) is 2.92. The third-order valence-electron chi connectivity index (χ3n) is 5.44. The molecule has 3 aliphatic rings. The van der Waals surface area contributed by atoms with Gasteiger partial charge in [0.25, 0.3) is 0 Å². The summed E-state index contributed by atoms with van der Waals surface area (Å²) in [6, 6.07) is 3.56. The molecule has 2 unspecified atom stereocenters. The lowest BCUT2D eigenvalue weighted by Crippen LogP contribution is -2.52. The second kappa shape index (κ2) is 5.27. The molecule has 2 heterocycles. The molecule has 0 amide bonds. The minimum atomic E-state index is 0.800. The average molecular weight is 236 g/mol. The number of rotatable bonds is 2. The van der Waals surface area contributed by atoms with Crippen LogP contribution in [0.1, 0.15) is 64.2 Å². The minimum absolute atomic E-state index is 0.800. The van der Waals surface area contributed by atoms with Gasteiger partial charge in [-0.1, -0.05) is 25.7 Å². The first-order chi connectivity index (χ1) is 8.38. The number of piperidine rings is 1. The van der Waals surface area contributed by atoms with Gasteiger partial charge in [-0.25, -0.2) is 0 Å². The number of nitrogens with one attached hydrogen (secondary N) is 1. The molecule has 3 rings (SSSR count). The minimum Gasteiger partial charge on any atom is -0.317 e. The van der Waals surface area contributed by atoms with E-state index in [9.17, 15) is 0 Å². The van der Waals surface area contributed by atoms with Gasteiger partial charge in [0.1, 0.15) is 0 Å². The monoisotopic (exact) mass is 236 g/mol. The Morgan fingerprint density at radius 1 is 0.765 bits per heavy atom. The van der Waals surface area contributed by atoms with Crippen LogP contribution in [-0.2, 0) is 0 Å². The number of nitrogens with zero attached hydrogens (tertiary/aromatic N) is 1. The van der Waals surface area contributed by atoms with E-state index >= 15 is 0 Å². The Hall–Kier alpha value is -0.0800. The molecular weight excluding hydrogens is 208 g/mol. The van der Waals surface area contributed by atoms with Crippen molar-refractivity contribution in [1.29, 1.82) is 0 Å². The Kier molecular flexibility index (Phi) is 3.72. The van der Waals surface area contributed by atoms with Crippen LogP contribution in [0.25, 0.3) is 0 Å². The zero-order valence-corrected chi connectivity index (χ0v) is 11.3. The van der Waals surface area contributed by atoms with Crippen LogP contribution in [0.3, 0.4) is 0 Å². The van der Waals surface area contributed by atoms with Crippen molar-refractivity contribution in [3.05, 3.63) is 0 Å². The molecule has 0 aromatic rings. The Labute approximate surface area is 106 Å². The normalized spacial score (nSPS) is 40.4. The molecule has 1 N–H and O–H groups in total. The van der Waals surface area contributed by atoms with Gasteiger partial charge in [0.2, 0.25) is 0 Å². The van der Waals surface area contributed by atoms with E-state index in [-0.39, 0.29) is 0 Å². The van der Waals surface area contributed by atoms with E-state index in [0.717, 1.165) is 24.2 Å². The van der Waals surface area contributed by atoms with Crippen LogP contribution in [0.15, 0.2) is 0 Å². The summed E-state index contributed by atoms with van der Waals surface area (Å²) >= 11 is 0. The third-order valence-corrected chi connectivity index (χ3v) is 5.44. The van der Waals surface area contributed by atoms with E-state index in [0.29, 0.717) is 0 Å². The topological polar surface area (TPSA) is 15.3 Å². The van der Waals surface area contributed by atoms with Gasteiger partial charge >= 0.3 is 0 Å². The molecule has 0 spiro atoms. The average Bonchev–Trinajstić information content (AvgIpc) is 2.61. The zero-order valence-electron chi connectivity index (χ0n) is 11.3. The lowest BCUT2D eigenvalue weighted by Gasteiger charge is -2.43. The molecule has 2 bridgehead atoms. The number of fused-ring (bicyclic) bond motifs is 2. The number of hydrogen-bond donors (Lipinski definition) is 1. The van der Waals surface area contributed by atoms with Crippen molar-refractivity contribution in [2.45, 2.75) is 88.4 Å². The van der Waals surface area contributed by atoms with E-state index in [1.165, 1.54) is 64.2 Å². The van der Waals surface area contributed by atoms with Gasteiger partial charge in [-0.2, -0.15) is 0 Å². The molecule has 2 aliphatic heterocycles. The van der Waals surface area contributed by atoms with E-state index in [1.807, 2.05) is 0 Å². The van der Waals surface area contributed by atoms with Crippen molar-refractivity contribution in [1.82, 2.24) is 10.2 Å². The summed E-state index contributed by atoms with van der Waals surface area (Å²) in [5.74, 6) is 0. The highest BCUT2D eigenvalue weighted by atomic mass is 15.3. The summed E-state index contributed by atoms with van der Waals surface area (Å²) in [4.78, 5) is 2.96. The summed E-state index contributed by atoms with van der Waals surface area (Å²) < 4.78 is 0. The first-order valence-corrected chi connectivity index (χ1v) is 7.83. The van der Waals surface area contributed by atoms with Crippen LogP contribution in [0.5, 0.6) is 0 Å². The van der Waals surface area contributed by atoms with Crippen LogP contribution in [0.4, 0.5) is 0 Å². The van der Waals surface area contributed by atoms with Crippen molar-refractivity contribution in [2.24, 2.45) is 0 Å². The van der Waals surface area contributed by atoms with E-state index in [2.05, 4.69) is 17.3 Å². The summed E-state index contributed by atoms with van der Waals surface area (Å²) in [5, 5.41) is 3.51. The van der Waals surface area contributed by atoms with Crippen molar-refractivity contribution < 1.29 is 0 Å². The maximum absolute atomic E-state index is 3.51.